The summed E-state index contributed by atoms with van der Waals surface area (Å²) in [7, 11) is 2.01. The van der Waals surface area contributed by atoms with E-state index in [2.05, 4.69) is 10.2 Å². The number of hydrogen-bond acceptors (Lipinski definition) is 6. The lowest BCUT2D eigenvalue weighted by Gasteiger charge is -2.37. The van der Waals surface area contributed by atoms with E-state index in [4.69, 9.17) is 4.98 Å². The van der Waals surface area contributed by atoms with Gasteiger partial charge in [0.1, 0.15) is 17.5 Å². The number of pyridine rings is 1. The molecule has 1 aliphatic carbocycles. The number of nitrogens with one attached hydrogen (secondary N) is 1. The predicted octanol–water partition coefficient (Wildman–Crippen LogP) is 4.44. The number of hydrogen-bond donors (Lipinski definition) is 1. The standard InChI is InChI=1S/C36H43F3N6O3/c1-23(24-6-4-3-5-7-24)40-36(48)34-29-19-26(37)8-9-31(29)41-35(25-16-27(38)18-28(39)17-25)30(34)20-43-12-15-45(32(46)21-43)22-33(47)44-13-10-42(2)11-14-44/h8-9,16-19,23-24H,3-7,10-15,20-22H2,1-2H3,(H,40,48). The number of nitrogens with zero attached hydrogens (tertiary/aromatic N) is 5. The van der Waals surface area contributed by atoms with E-state index in [0.717, 1.165) is 57.0 Å². The van der Waals surface area contributed by atoms with Gasteiger partial charge in [0.25, 0.3) is 5.91 Å². The van der Waals surface area contributed by atoms with Gasteiger partial charge in [-0.15, -0.1) is 0 Å². The summed E-state index contributed by atoms with van der Waals surface area (Å²) in [4.78, 5) is 52.6. The van der Waals surface area contributed by atoms with Crippen LogP contribution in [0.3, 0.4) is 0 Å². The lowest BCUT2D eigenvalue weighted by atomic mass is 9.84. The molecule has 0 radical (unpaired) electrons. The van der Waals surface area contributed by atoms with Crippen LogP contribution < -0.4 is 5.32 Å². The molecule has 3 aliphatic rings. The second-order valence-corrected chi connectivity index (χ2v) is 13.5. The van der Waals surface area contributed by atoms with Crippen molar-refractivity contribution in [2.45, 2.75) is 51.6 Å². The molecule has 12 heteroatoms. The van der Waals surface area contributed by atoms with Crippen molar-refractivity contribution in [1.82, 2.24) is 29.9 Å². The fraction of sp³-hybridized carbons (Fsp3) is 0.500. The van der Waals surface area contributed by atoms with E-state index in [0.29, 0.717) is 36.6 Å². The SMILES string of the molecule is CC(NC(=O)c1c(CN2CCN(CC(=O)N3CCN(C)CC3)C(=O)C2)c(-c2cc(F)cc(F)c2)nc2ccc(F)cc12)C1CCCCC1. The Morgan fingerprint density at radius 1 is 0.917 bits per heavy atom. The number of carbonyl (C=O) groups excluding carboxylic acids is 3. The lowest BCUT2D eigenvalue weighted by Crippen LogP contribution is -2.55. The first kappa shape index (κ1) is 33.9. The van der Waals surface area contributed by atoms with Gasteiger partial charge < -0.3 is 20.0 Å². The van der Waals surface area contributed by atoms with Crippen LogP contribution in [0.2, 0.25) is 0 Å². The normalized spacial score (nSPS) is 19.1. The van der Waals surface area contributed by atoms with Gasteiger partial charge in [0.15, 0.2) is 0 Å². The van der Waals surface area contributed by atoms with E-state index in [-0.39, 0.29) is 66.2 Å². The van der Waals surface area contributed by atoms with Crippen LogP contribution in [-0.4, -0.2) is 108 Å². The molecule has 1 atom stereocenters. The van der Waals surface area contributed by atoms with Gasteiger partial charge in [-0.05, 0) is 63.1 Å². The molecule has 1 aromatic heterocycles. The van der Waals surface area contributed by atoms with Gasteiger partial charge in [-0.25, -0.2) is 18.2 Å². The fourth-order valence-corrected chi connectivity index (χ4v) is 7.25. The Labute approximate surface area is 279 Å². The van der Waals surface area contributed by atoms with Gasteiger partial charge in [0.05, 0.1) is 29.9 Å². The van der Waals surface area contributed by atoms with Crippen LogP contribution in [0.5, 0.6) is 0 Å². The molecule has 3 amide bonds. The summed E-state index contributed by atoms with van der Waals surface area (Å²) in [6.45, 7) is 5.45. The molecular formula is C36H43F3N6O3. The Bertz CT molecular complexity index is 1670. The molecule has 3 heterocycles. The summed E-state index contributed by atoms with van der Waals surface area (Å²) in [6.07, 6.45) is 5.35. The molecule has 48 heavy (non-hydrogen) atoms. The van der Waals surface area contributed by atoms with E-state index in [1.807, 2.05) is 18.9 Å². The molecule has 1 N–H and O–H groups in total. The Morgan fingerprint density at radius 3 is 2.31 bits per heavy atom. The van der Waals surface area contributed by atoms with Crippen molar-refractivity contribution in [3.8, 4) is 11.3 Å². The van der Waals surface area contributed by atoms with Crippen molar-refractivity contribution in [1.29, 1.82) is 0 Å². The van der Waals surface area contributed by atoms with Crippen molar-refractivity contribution in [2.75, 3.05) is 59.4 Å². The van der Waals surface area contributed by atoms with Crippen molar-refractivity contribution in [2.24, 2.45) is 5.92 Å². The van der Waals surface area contributed by atoms with Crippen LogP contribution in [-0.2, 0) is 16.1 Å². The van der Waals surface area contributed by atoms with Gasteiger partial charge in [-0.1, -0.05) is 19.3 Å². The maximum absolute atomic E-state index is 14.8. The number of carbonyl (C=O) groups is 3. The third-order valence-electron chi connectivity index (χ3n) is 10.1. The summed E-state index contributed by atoms with van der Waals surface area (Å²) in [5.74, 6) is -2.62. The van der Waals surface area contributed by atoms with Crippen molar-refractivity contribution < 1.29 is 27.6 Å². The molecule has 9 nitrogen and oxygen atoms in total. The average Bonchev–Trinajstić information content (AvgIpc) is 3.05. The van der Waals surface area contributed by atoms with Gasteiger partial charge >= 0.3 is 0 Å². The Balaban J connectivity index is 1.33. The summed E-state index contributed by atoms with van der Waals surface area (Å²) >= 11 is 0. The van der Waals surface area contributed by atoms with Crippen LogP contribution in [0.15, 0.2) is 36.4 Å². The Morgan fingerprint density at radius 2 is 1.62 bits per heavy atom. The molecule has 256 valence electrons. The monoisotopic (exact) mass is 664 g/mol. The van der Waals surface area contributed by atoms with E-state index in [9.17, 15) is 27.6 Å². The number of likely N-dealkylation sites (N-methyl/N-ethyl adjacent to an activating group) is 1. The molecule has 3 fully saturated rings. The highest BCUT2D eigenvalue weighted by Gasteiger charge is 2.32. The Hall–Kier alpha value is -4.03. The zero-order valence-corrected chi connectivity index (χ0v) is 27.6. The number of halogens is 3. The highest BCUT2D eigenvalue weighted by molar-refractivity contribution is 6.09. The lowest BCUT2D eigenvalue weighted by molar-refractivity contribution is -0.144. The van der Waals surface area contributed by atoms with Crippen LogP contribution in [0, 0.1) is 23.4 Å². The second kappa shape index (κ2) is 14.6. The fourth-order valence-electron chi connectivity index (χ4n) is 7.25. The first-order valence-electron chi connectivity index (χ1n) is 16.9. The molecule has 2 saturated heterocycles. The number of aromatic nitrogens is 1. The van der Waals surface area contributed by atoms with Gasteiger partial charge in [-0.2, -0.15) is 0 Å². The highest BCUT2D eigenvalue weighted by Crippen LogP contribution is 2.34. The van der Waals surface area contributed by atoms with Gasteiger partial charge in [0.2, 0.25) is 11.8 Å². The summed E-state index contributed by atoms with van der Waals surface area (Å²) in [5.41, 5.74) is 1.13. The van der Waals surface area contributed by atoms with E-state index < -0.39 is 23.4 Å². The molecule has 2 aromatic carbocycles. The molecule has 2 aliphatic heterocycles. The minimum atomic E-state index is -0.803. The van der Waals surface area contributed by atoms with E-state index in [1.54, 1.807) is 9.80 Å². The van der Waals surface area contributed by atoms with Crippen LogP contribution in [0.25, 0.3) is 22.2 Å². The van der Waals surface area contributed by atoms with Crippen molar-refractivity contribution in [3.63, 3.8) is 0 Å². The molecule has 3 aromatic rings. The van der Waals surface area contributed by atoms with E-state index >= 15 is 0 Å². The van der Waals surface area contributed by atoms with Crippen molar-refractivity contribution in [3.05, 3.63) is 65.0 Å². The van der Waals surface area contributed by atoms with Gasteiger partial charge in [0, 0.05) is 74.4 Å². The molecule has 6 rings (SSSR count). The molecule has 1 unspecified atom stereocenters. The molecular weight excluding hydrogens is 621 g/mol. The van der Waals surface area contributed by atoms with Crippen molar-refractivity contribution >= 4 is 28.6 Å². The predicted molar refractivity (Wildman–Crippen MR) is 176 cm³/mol. The van der Waals surface area contributed by atoms with Crippen LogP contribution in [0.4, 0.5) is 13.2 Å². The second-order valence-electron chi connectivity index (χ2n) is 13.5. The third kappa shape index (κ3) is 7.65. The summed E-state index contributed by atoms with van der Waals surface area (Å²) < 4.78 is 43.9. The molecule has 0 spiro atoms. The largest absolute Gasteiger partial charge is 0.349 e. The van der Waals surface area contributed by atoms with Gasteiger partial charge in [-0.3, -0.25) is 19.3 Å². The molecule has 1 saturated carbocycles. The number of amides is 3. The first-order valence-corrected chi connectivity index (χ1v) is 16.9. The number of rotatable bonds is 8. The topological polar surface area (TPSA) is 89.1 Å². The van der Waals surface area contributed by atoms with Crippen LogP contribution in [0.1, 0.15) is 54.9 Å². The number of fused-ring (bicyclic) bond motifs is 1. The first-order chi connectivity index (χ1) is 23.0. The zero-order valence-electron chi connectivity index (χ0n) is 27.6. The summed E-state index contributed by atoms with van der Waals surface area (Å²) in [5, 5.41) is 3.43. The minimum Gasteiger partial charge on any atom is -0.349 e. The number of benzene rings is 2. The minimum absolute atomic E-state index is 0.00623. The quantitative estimate of drug-likeness (QED) is 0.384. The Kier molecular flexibility index (Phi) is 10.3. The number of piperazine rings is 2. The maximum atomic E-state index is 14.8. The third-order valence-corrected chi connectivity index (χ3v) is 10.1. The molecule has 0 bridgehead atoms. The highest BCUT2D eigenvalue weighted by atomic mass is 19.1. The van der Waals surface area contributed by atoms with E-state index in [1.165, 1.54) is 24.6 Å². The summed E-state index contributed by atoms with van der Waals surface area (Å²) in [6, 6.07) is 6.87. The zero-order chi connectivity index (χ0) is 33.9. The maximum Gasteiger partial charge on any atom is 0.252 e. The smallest absolute Gasteiger partial charge is 0.252 e. The van der Waals surface area contributed by atoms with Crippen LogP contribution >= 0.6 is 0 Å². The average molecular weight is 665 g/mol.